The lowest BCUT2D eigenvalue weighted by atomic mass is 10.0. The number of likely N-dealkylation sites (tertiary alicyclic amines) is 1. The number of carbonyl (C=O) groups is 1. The lowest BCUT2D eigenvalue weighted by Gasteiger charge is -2.34. The largest absolute Gasteiger partial charge is 0.484 e. The summed E-state index contributed by atoms with van der Waals surface area (Å²) in [5, 5.41) is 7.06. The van der Waals surface area contributed by atoms with Crippen molar-refractivity contribution in [3.63, 3.8) is 0 Å². The fourth-order valence-electron chi connectivity index (χ4n) is 3.45. The number of amides is 1. The highest BCUT2D eigenvalue weighted by atomic mass is 19.1. The number of hydrogen-bond donors (Lipinski definition) is 1. The van der Waals surface area contributed by atoms with Crippen LogP contribution in [0.2, 0.25) is 0 Å². The molecule has 1 aromatic heterocycles. The first-order valence-corrected chi connectivity index (χ1v) is 9.37. The molecule has 0 aliphatic carbocycles. The van der Waals surface area contributed by atoms with Crippen LogP contribution in [0.4, 0.5) is 4.39 Å². The van der Waals surface area contributed by atoms with Gasteiger partial charge in [-0.1, -0.05) is 30.3 Å². The van der Waals surface area contributed by atoms with Crippen molar-refractivity contribution in [1.29, 1.82) is 0 Å². The summed E-state index contributed by atoms with van der Waals surface area (Å²) in [5.74, 6) is 1.06. The van der Waals surface area contributed by atoms with Crippen LogP contribution >= 0.6 is 0 Å². The summed E-state index contributed by atoms with van der Waals surface area (Å²) in [6.07, 6.45) is 2.70. The number of nitrogens with one attached hydrogen (secondary N) is 1. The van der Waals surface area contributed by atoms with Crippen molar-refractivity contribution in [1.82, 2.24) is 20.1 Å². The van der Waals surface area contributed by atoms with Crippen LogP contribution in [-0.4, -0.2) is 39.1 Å². The molecule has 0 unspecified atom stereocenters. The van der Waals surface area contributed by atoms with Gasteiger partial charge in [0, 0.05) is 6.54 Å². The zero-order valence-corrected chi connectivity index (χ0v) is 15.3. The molecule has 1 aliphatic heterocycles. The van der Waals surface area contributed by atoms with Gasteiger partial charge in [-0.2, -0.15) is 5.10 Å². The van der Waals surface area contributed by atoms with Crippen molar-refractivity contribution < 1.29 is 13.9 Å². The molecule has 7 heteroatoms. The topological polar surface area (TPSA) is 71.1 Å². The van der Waals surface area contributed by atoms with E-state index in [0.29, 0.717) is 29.5 Å². The fraction of sp³-hybridized carbons (Fsp3) is 0.286. The molecule has 28 heavy (non-hydrogen) atoms. The van der Waals surface area contributed by atoms with Gasteiger partial charge in [0.2, 0.25) is 0 Å². The number of halogens is 1. The van der Waals surface area contributed by atoms with Gasteiger partial charge in [0.05, 0.1) is 11.6 Å². The number of H-pyrrole nitrogens is 1. The molecule has 144 valence electrons. The highest BCUT2D eigenvalue weighted by molar-refractivity contribution is 5.78. The second kappa shape index (κ2) is 8.21. The van der Waals surface area contributed by atoms with Gasteiger partial charge in [-0.25, -0.2) is 9.37 Å². The minimum Gasteiger partial charge on any atom is -0.484 e. The fourth-order valence-corrected chi connectivity index (χ4v) is 3.45. The highest BCUT2D eigenvalue weighted by Crippen LogP contribution is 2.30. The lowest BCUT2D eigenvalue weighted by Crippen LogP contribution is -2.41. The Balaban J connectivity index is 1.49. The van der Waals surface area contributed by atoms with Crippen LogP contribution in [0.5, 0.6) is 5.75 Å². The van der Waals surface area contributed by atoms with E-state index >= 15 is 0 Å². The van der Waals surface area contributed by atoms with Crippen LogP contribution < -0.4 is 4.74 Å². The van der Waals surface area contributed by atoms with Crippen molar-refractivity contribution in [3.05, 3.63) is 66.2 Å². The van der Waals surface area contributed by atoms with Crippen LogP contribution in [0.15, 0.2) is 54.6 Å². The number of nitrogens with zero attached hydrogens (tertiary/aromatic N) is 3. The Bertz CT molecular complexity index is 944. The first kappa shape index (κ1) is 18.2. The molecule has 1 atom stereocenters. The summed E-state index contributed by atoms with van der Waals surface area (Å²) in [4.78, 5) is 19.0. The maximum Gasteiger partial charge on any atom is 0.261 e. The van der Waals surface area contributed by atoms with E-state index < -0.39 is 0 Å². The molecule has 1 fully saturated rings. The number of ether oxygens (including phenoxy) is 1. The van der Waals surface area contributed by atoms with Crippen molar-refractivity contribution in [2.75, 3.05) is 13.2 Å². The number of rotatable bonds is 5. The van der Waals surface area contributed by atoms with Crippen LogP contribution in [0.1, 0.15) is 31.1 Å². The summed E-state index contributed by atoms with van der Waals surface area (Å²) >= 11 is 0. The van der Waals surface area contributed by atoms with Gasteiger partial charge in [-0.15, -0.1) is 0 Å². The van der Waals surface area contributed by atoms with E-state index in [1.54, 1.807) is 23.1 Å². The second-order valence-electron chi connectivity index (χ2n) is 6.72. The average molecular weight is 380 g/mol. The molecule has 3 aromatic rings. The van der Waals surface area contributed by atoms with Crippen LogP contribution in [0.25, 0.3) is 11.4 Å². The molecular weight excluding hydrogens is 359 g/mol. The molecule has 0 bridgehead atoms. The number of piperidine rings is 1. The standard InChI is InChI=1S/C21H21FN4O2/c22-17-11-5-4-10-16(17)20-23-21(25-24-20)18-12-6-7-13-26(18)19(27)14-28-15-8-2-1-3-9-15/h1-5,8-11,18H,6-7,12-14H2,(H,23,24,25)/t18-/m1/s1. The zero-order valence-electron chi connectivity index (χ0n) is 15.3. The van der Waals surface area contributed by atoms with E-state index in [1.807, 2.05) is 30.3 Å². The van der Waals surface area contributed by atoms with Gasteiger partial charge < -0.3 is 9.64 Å². The Morgan fingerprint density at radius 1 is 1.14 bits per heavy atom. The normalized spacial score (nSPS) is 16.8. The maximum absolute atomic E-state index is 14.0. The van der Waals surface area contributed by atoms with E-state index in [4.69, 9.17) is 4.74 Å². The summed E-state index contributed by atoms with van der Waals surface area (Å²) in [6, 6.07) is 15.4. The van der Waals surface area contributed by atoms with Gasteiger partial charge in [0.25, 0.3) is 5.91 Å². The molecule has 4 rings (SSSR count). The quantitative estimate of drug-likeness (QED) is 0.732. The number of aromatic nitrogens is 3. The SMILES string of the molecule is O=C(COc1ccccc1)N1CCCC[C@@H]1c1nc(-c2ccccc2F)n[nH]1. The van der Waals surface area contributed by atoms with Crippen molar-refractivity contribution in [3.8, 4) is 17.1 Å². The molecule has 1 saturated heterocycles. The first-order valence-electron chi connectivity index (χ1n) is 9.37. The van der Waals surface area contributed by atoms with Crippen molar-refractivity contribution in [2.45, 2.75) is 25.3 Å². The van der Waals surface area contributed by atoms with Gasteiger partial charge in [-0.05, 0) is 43.5 Å². The van der Waals surface area contributed by atoms with E-state index in [2.05, 4.69) is 15.2 Å². The summed E-state index contributed by atoms with van der Waals surface area (Å²) in [7, 11) is 0. The Morgan fingerprint density at radius 2 is 1.93 bits per heavy atom. The molecule has 1 amide bonds. The number of para-hydroxylation sites is 1. The minimum absolute atomic E-state index is 0.0329. The van der Waals surface area contributed by atoms with Crippen LogP contribution in [0, 0.1) is 5.82 Å². The number of carbonyl (C=O) groups excluding carboxylic acids is 1. The number of hydrogen-bond acceptors (Lipinski definition) is 4. The Hall–Kier alpha value is -3.22. The third-order valence-electron chi connectivity index (χ3n) is 4.86. The van der Waals surface area contributed by atoms with E-state index in [-0.39, 0.29) is 24.4 Å². The number of aromatic amines is 1. The first-order chi connectivity index (χ1) is 13.7. The van der Waals surface area contributed by atoms with Crippen molar-refractivity contribution >= 4 is 5.91 Å². The molecule has 0 saturated carbocycles. The maximum atomic E-state index is 14.0. The Labute approximate surface area is 162 Å². The van der Waals surface area contributed by atoms with Gasteiger partial charge in [-0.3, -0.25) is 9.89 Å². The number of benzene rings is 2. The Kier molecular flexibility index (Phi) is 5.32. The smallest absolute Gasteiger partial charge is 0.261 e. The highest BCUT2D eigenvalue weighted by Gasteiger charge is 2.31. The van der Waals surface area contributed by atoms with Gasteiger partial charge in [0.1, 0.15) is 17.4 Å². The summed E-state index contributed by atoms with van der Waals surface area (Å²) in [5.41, 5.74) is 0.339. The molecule has 1 aliphatic rings. The summed E-state index contributed by atoms with van der Waals surface area (Å²) < 4.78 is 19.6. The van der Waals surface area contributed by atoms with Crippen molar-refractivity contribution in [2.24, 2.45) is 0 Å². The molecule has 1 N–H and O–H groups in total. The predicted octanol–water partition coefficient (Wildman–Crippen LogP) is 3.74. The molecule has 6 nitrogen and oxygen atoms in total. The van der Waals surface area contributed by atoms with Gasteiger partial charge >= 0.3 is 0 Å². The molecule has 2 heterocycles. The van der Waals surface area contributed by atoms with Crippen LogP contribution in [0.3, 0.4) is 0 Å². The molecule has 0 spiro atoms. The van der Waals surface area contributed by atoms with Crippen LogP contribution in [-0.2, 0) is 4.79 Å². The zero-order chi connectivity index (χ0) is 19.3. The monoisotopic (exact) mass is 380 g/mol. The molecule has 0 radical (unpaired) electrons. The minimum atomic E-state index is -0.374. The van der Waals surface area contributed by atoms with E-state index in [1.165, 1.54) is 6.07 Å². The average Bonchev–Trinajstić information content (AvgIpc) is 3.23. The predicted molar refractivity (Wildman–Crippen MR) is 102 cm³/mol. The van der Waals surface area contributed by atoms with Gasteiger partial charge in [0.15, 0.2) is 12.4 Å². The third-order valence-corrected chi connectivity index (χ3v) is 4.86. The molecule has 2 aromatic carbocycles. The van der Waals surface area contributed by atoms with E-state index in [9.17, 15) is 9.18 Å². The lowest BCUT2D eigenvalue weighted by molar-refractivity contribution is -0.137. The second-order valence-corrected chi connectivity index (χ2v) is 6.72. The van der Waals surface area contributed by atoms with E-state index in [0.717, 1.165) is 19.3 Å². The third kappa shape index (κ3) is 3.88. The summed E-state index contributed by atoms with van der Waals surface area (Å²) in [6.45, 7) is 0.603. The Morgan fingerprint density at radius 3 is 2.75 bits per heavy atom. The molecular formula is C21H21FN4O2.